The average Bonchev–Trinajstić information content (AvgIpc) is 3.66. The number of methoxy groups -OCH3 is 2. The van der Waals surface area contributed by atoms with Crippen molar-refractivity contribution in [3.8, 4) is 11.5 Å². The van der Waals surface area contributed by atoms with Gasteiger partial charge >= 0.3 is 5.69 Å². The van der Waals surface area contributed by atoms with Crippen molar-refractivity contribution in [1.29, 1.82) is 0 Å². The van der Waals surface area contributed by atoms with Gasteiger partial charge in [-0.3, -0.25) is 13.9 Å². The predicted molar refractivity (Wildman–Crippen MR) is 237 cm³/mol. The minimum atomic E-state index is -1.17. The summed E-state index contributed by atoms with van der Waals surface area (Å²) in [6.07, 6.45) is -1.94. The molecule has 0 radical (unpaired) electrons. The second kappa shape index (κ2) is 23.8. The van der Waals surface area contributed by atoms with Crippen molar-refractivity contribution >= 4 is 11.8 Å². The summed E-state index contributed by atoms with van der Waals surface area (Å²) in [5.41, 5.74) is 0.414. The van der Waals surface area contributed by atoms with Gasteiger partial charge in [-0.1, -0.05) is 72.8 Å². The van der Waals surface area contributed by atoms with Crippen LogP contribution in [-0.2, 0) is 50.0 Å². The van der Waals surface area contributed by atoms with Gasteiger partial charge in [0.25, 0.3) is 5.56 Å². The summed E-state index contributed by atoms with van der Waals surface area (Å²) in [6.45, 7) is 3.43. The maximum Gasteiger partial charge on any atom is 0.333 e. The van der Waals surface area contributed by atoms with Gasteiger partial charge in [-0.15, -0.1) is 11.8 Å². The number of hydrogen-bond acceptors (Lipinski definition) is 13. The Hall–Kier alpha value is -4.81. The normalized spacial score (nSPS) is 20.9. The fraction of sp³-hybridized carbons (Fsp3) is 0.417. The monoisotopic (exact) mass is 884 g/mol. The van der Waals surface area contributed by atoms with Gasteiger partial charge in [0.2, 0.25) is 0 Å². The lowest BCUT2D eigenvalue weighted by atomic mass is 9.80. The third kappa shape index (κ3) is 11.9. The van der Waals surface area contributed by atoms with Crippen LogP contribution >= 0.6 is 11.8 Å². The van der Waals surface area contributed by atoms with Crippen molar-refractivity contribution in [3.05, 3.63) is 159 Å². The molecule has 4 atom stereocenters. The summed E-state index contributed by atoms with van der Waals surface area (Å²) in [6, 6.07) is 36.7. The first-order valence-corrected chi connectivity index (χ1v) is 22.2. The van der Waals surface area contributed by atoms with Crippen LogP contribution in [0.3, 0.4) is 0 Å². The van der Waals surface area contributed by atoms with Crippen LogP contribution < -0.4 is 20.7 Å². The maximum absolute atomic E-state index is 14.4. The second-order valence-corrected chi connectivity index (χ2v) is 15.8. The molecular formula is C48H56N2O12S. The first-order valence-electron chi connectivity index (χ1n) is 21.2. The van der Waals surface area contributed by atoms with E-state index in [1.807, 2.05) is 109 Å². The van der Waals surface area contributed by atoms with Crippen molar-refractivity contribution in [2.75, 3.05) is 92.6 Å². The molecule has 2 fully saturated rings. The summed E-state index contributed by atoms with van der Waals surface area (Å²) in [4.78, 5) is 28.7. The lowest BCUT2D eigenvalue weighted by molar-refractivity contribution is -0.111. The van der Waals surface area contributed by atoms with E-state index in [0.717, 1.165) is 21.6 Å². The number of thioether (sulfide) groups is 1. The first kappa shape index (κ1) is 46.2. The minimum Gasteiger partial charge on any atom is -0.497 e. The summed E-state index contributed by atoms with van der Waals surface area (Å²) in [5, 5.41) is 0. The van der Waals surface area contributed by atoms with Crippen LogP contribution in [0.1, 0.15) is 22.9 Å². The van der Waals surface area contributed by atoms with Crippen LogP contribution in [0.25, 0.3) is 0 Å². The molecule has 0 N–H and O–H groups in total. The van der Waals surface area contributed by atoms with Gasteiger partial charge in [-0.05, 0) is 53.1 Å². The number of aromatic nitrogens is 2. The zero-order valence-electron chi connectivity index (χ0n) is 35.8. The van der Waals surface area contributed by atoms with Crippen LogP contribution in [0.4, 0.5) is 0 Å². The van der Waals surface area contributed by atoms with Crippen LogP contribution in [0.2, 0.25) is 0 Å². The first-order chi connectivity index (χ1) is 31.0. The molecule has 4 aromatic carbocycles. The average molecular weight is 885 g/mol. The molecule has 0 amide bonds. The molecule has 336 valence electrons. The highest BCUT2D eigenvalue weighted by molar-refractivity contribution is 7.99. The van der Waals surface area contributed by atoms with Crippen molar-refractivity contribution in [2.45, 2.75) is 41.6 Å². The molecule has 7 rings (SSSR count). The molecular weight excluding hydrogens is 829 g/mol. The smallest absolute Gasteiger partial charge is 0.333 e. The molecule has 5 aromatic rings. The quantitative estimate of drug-likeness (QED) is 0.108. The van der Waals surface area contributed by atoms with E-state index in [4.69, 9.17) is 47.4 Å². The molecule has 15 heteroatoms. The van der Waals surface area contributed by atoms with E-state index in [1.54, 1.807) is 26.0 Å². The summed E-state index contributed by atoms with van der Waals surface area (Å²) >= 11 is 1.56. The van der Waals surface area contributed by atoms with Crippen molar-refractivity contribution < 1.29 is 47.4 Å². The SMILES string of the molecule is COc1ccc(C(OC[C@H]2O[C@@H](n3ccc(=O)n(CCSc4ccccc4)c3=O)[C@@H]3OCCOCCOCCOCCOCCO[C@@H]32)(c2ccccc2)c2ccc(OC)cc2)cc1. The Morgan fingerprint density at radius 1 is 0.603 bits per heavy atom. The highest BCUT2D eigenvalue weighted by Gasteiger charge is 2.49. The number of hydrogen-bond donors (Lipinski definition) is 0. The molecule has 63 heavy (non-hydrogen) atoms. The van der Waals surface area contributed by atoms with Crippen molar-refractivity contribution in [2.24, 2.45) is 0 Å². The molecule has 14 nitrogen and oxygen atoms in total. The lowest BCUT2D eigenvalue weighted by Gasteiger charge is -2.37. The van der Waals surface area contributed by atoms with E-state index in [-0.39, 0.29) is 39.6 Å². The Morgan fingerprint density at radius 2 is 1.10 bits per heavy atom. The summed E-state index contributed by atoms with van der Waals surface area (Å²) in [7, 11) is 3.26. The van der Waals surface area contributed by atoms with Crippen LogP contribution in [0.15, 0.2) is 136 Å². The third-order valence-electron chi connectivity index (χ3n) is 10.8. The summed E-state index contributed by atoms with van der Waals surface area (Å²) in [5.74, 6) is 1.89. The Bertz CT molecular complexity index is 2180. The van der Waals surface area contributed by atoms with Crippen LogP contribution in [0, 0.1) is 0 Å². The number of benzene rings is 4. The highest BCUT2D eigenvalue weighted by atomic mass is 32.2. The topological polar surface area (TPSA) is 136 Å². The molecule has 2 saturated heterocycles. The minimum absolute atomic E-state index is 0.0153. The fourth-order valence-electron chi connectivity index (χ4n) is 7.68. The van der Waals surface area contributed by atoms with Crippen molar-refractivity contribution in [1.82, 2.24) is 9.13 Å². The van der Waals surface area contributed by atoms with Gasteiger partial charge < -0.3 is 47.4 Å². The molecule has 3 heterocycles. The van der Waals surface area contributed by atoms with Crippen LogP contribution in [-0.4, -0.2) is 120 Å². The second-order valence-electron chi connectivity index (χ2n) is 14.7. The lowest BCUT2D eigenvalue weighted by Crippen LogP contribution is -2.45. The molecule has 1 aromatic heterocycles. The Morgan fingerprint density at radius 3 is 1.63 bits per heavy atom. The highest BCUT2D eigenvalue weighted by Crippen LogP contribution is 2.43. The number of nitrogens with zero attached hydrogens (tertiary/aromatic N) is 2. The van der Waals surface area contributed by atoms with Gasteiger partial charge in [0.1, 0.15) is 35.4 Å². The fourth-order valence-corrected chi connectivity index (χ4v) is 8.54. The number of rotatable bonds is 13. The van der Waals surface area contributed by atoms with Crippen molar-refractivity contribution in [3.63, 3.8) is 0 Å². The molecule has 0 spiro atoms. The number of fused-ring (bicyclic) bond motifs is 1. The van der Waals surface area contributed by atoms with Gasteiger partial charge in [-0.2, -0.15) is 0 Å². The molecule has 0 aliphatic carbocycles. The Labute approximate surface area is 371 Å². The zero-order chi connectivity index (χ0) is 43.7. The van der Waals surface area contributed by atoms with Crippen LogP contribution in [0.5, 0.6) is 11.5 Å². The standard InChI is InChI=1S/C48H56N2O12S/c1-53-39-17-13-37(14-18-39)48(36-9-5-3-6-10-36,38-15-19-40(54-2)20-16-38)61-35-42-44-45(60-33-31-58-29-27-56-25-24-55-26-28-57-30-32-59-44)46(62-42)50-22-21-43(51)49(47(50)52)23-34-63-41-11-7-4-8-12-41/h3-22,42,44-46H,23-35H2,1-2H3/t42-,44-,45-,46-/m1/s1. The largest absolute Gasteiger partial charge is 0.497 e. The van der Waals surface area contributed by atoms with Gasteiger partial charge in [0, 0.05) is 29.5 Å². The van der Waals surface area contributed by atoms with E-state index in [0.29, 0.717) is 56.9 Å². The van der Waals surface area contributed by atoms with E-state index < -0.39 is 41.4 Å². The summed E-state index contributed by atoms with van der Waals surface area (Å²) < 4.78 is 64.2. The Kier molecular flexibility index (Phi) is 17.4. The maximum atomic E-state index is 14.4. The van der Waals surface area contributed by atoms with E-state index in [9.17, 15) is 9.59 Å². The van der Waals surface area contributed by atoms with Gasteiger partial charge in [0.15, 0.2) is 6.23 Å². The number of ether oxygens (including phenoxy) is 10. The van der Waals surface area contributed by atoms with E-state index in [2.05, 4.69) is 0 Å². The molecule has 0 bridgehead atoms. The molecule has 0 saturated carbocycles. The van der Waals surface area contributed by atoms with Gasteiger partial charge in [0.05, 0.1) is 86.9 Å². The zero-order valence-corrected chi connectivity index (χ0v) is 36.6. The van der Waals surface area contributed by atoms with E-state index >= 15 is 0 Å². The molecule has 2 aliphatic heterocycles. The van der Waals surface area contributed by atoms with E-state index in [1.165, 1.54) is 21.4 Å². The van der Waals surface area contributed by atoms with Gasteiger partial charge in [-0.25, -0.2) is 4.79 Å². The third-order valence-corrected chi connectivity index (χ3v) is 11.8. The molecule has 0 unspecified atom stereocenters. The molecule has 2 aliphatic rings. The Balaban J connectivity index is 1.25. The predicted octanol–water partition coefficient (Wildman–Crippen LogP) is 5.58.